The molecule has 8 nitrogen and oxygen atoms in total. The monoisotopic (exact) mass is 459 g/mol. The molecule has 1 aliphatic carbocycles. The third-order valence-electron chi connectivity index (χ3n) is 6.91. The van der Waals surface area contributed by atoms with E-state index in [0.717, 1.165) is 90.0 Å². The number of piperazine rings is 1. The second-order valence-corrected chi connectivity index (χ2v) is 9.57. The molecule has 184 valence electrons. The Labute approximate surface area is 198 Å². The summed E-state index contributed by atoms with van der Waals surface area (Å²) in [6.45, 7) is 8.25. The molecule has 33 heavy (non-hydrogen) atoms. The van der Waals surface area contributed by atoms with E-state index in [-0.39, 0.29) is 17.3 Å². The number of unbranched alkanes of at least 4 members (excludes halogenated alkanes) is 2. The van der Waals surface area contributed by atoms with Gasteiger partial charge in [0.2, 0.25) is 11.9 Å². The summed E-state index contributed by atoms with van der Waals surface area (Å²) >= 11 is 0. The lowest BCUT2D eigenvalue weighted by atomic mass is 9.79. The zero-order valence-electron chi connectivity index (χ0n) is 20.3. The molecule has 0 spiro atoms. The summed E-state index contributed by atoms with van der Waals surface area (Å²) in [4.78, 5) is 38.2. The second-order valence-electron chi connectivity index (χ2n) is 9.57. The SMILES string of the molecule is CCCCOC(=O)CC1(CC(=O)NCCCCN2CCN(c3ncccn3)CC2)CCCC1. The molecule has 1 saturated heterocycles. The number of carbonyl (C=O) groups is 2. The van der Waals surface area contributed by atoms with Gasteiger partial charge in [-0.15, -0.1) is 0 Å². The molecule has 1 N–H and O–H groups in total. The van der Waals surface area contributed by atoms with Gasteiger partial charge < -0.3 is 15.0 Å². The predicted octanol–water partition coefficient (Wildman–Crippen LogP) is 3.18. The van der Waals surface area contributed by atoms with Crippen molar-refractivity contribution < 1.29 is 14.3 Å². The van der Waals surface area contributed by atoms with E-state index >= 15 is 0 Å². The fraction of sp³-hybridized carbons (Fsp3) is 0.760. The molecule has 0 bridgehead atoms. The lowest BCUT2D eigenvalue weighted by molar-refractivity contribution is -0.147. The molecule has 1 saturated carbocycles. The number of rotatable bonds is 13. The first-order valence-corrected chi connectivity index (χ1v) is 12.8. The van der Waals surface area contributed by atoms with E-state index in [2.05, 4.69) is 32.0 Å². The van der Waals surface area contributed by atoms with Crippen LogP contribution in [0.15, 0.2) is 18.5 Å². The van der Waals surface area contributed by atoms with E-state index in [1.807, 2.05) is 6.07 Å². The molecule has 2 fully saturated rings. The summed E-state index contributed by atoms with van der Waals surface area (Å²) in [5.74, 6) is 0.751. The van der Waals surface area contributed by atoms with Gasteiger partial charge in [-0.1, -0.05) is 26.2 Å². The van der Waals surface area contributed by atoms with E-state index in [1.54, 1.807) is 12.4 Å². The topological polar surface area (TPSA) is 87.7 Å². The lowest BCUT2D eigenvalue weighted by Gasteiger charge is -2.34. The smallest absolute Gasteiger partial charge is 0.306 e. The average Bonchev–Trinajstić information content (AvgIpc) is 3.27. The number of ether oxygens (including phenoxy) is 1. The van der Waals surface area contributed by atoms with Crippen LogP contribution >= 0.6 is 0 Å². The molecular formula is C25H41N5O3. The molecule has 2 heterocycles. The average molecular weight is 460 g/mol. The van der Waals surface area contributed by atoms with Crippen molar-refractivity contribution >= 4 is 17.8 Å². The molecular weight excluding hydrogens is 418 g/mol. The minimum atomic E-state index is -0.199. The molecule has 1 aromatic heterocycles. The Morgan fingerprint density at radius 3 is 2.45 bits per heavy atom. The Morgan fingerprint density at radius 1 is 1.03 bits per heavy atom. The first-order chi connectivity index (χ1) is 16.1. The number of aromatic nitrogens is 2. The summed E-state index contributed by atoms with van der Waals surface area (Å²) in [7, 11) is 0. The number of anilines is 1. The predicted molar refractivity (Wildman–Crippen MR) is 129 cm³/mol. The molecule has 1 aliphatic heterocycles. The van der Waals surface area contributed by atoms with Crippen LogP contribution in [0.5, 0.6) is 0 Å². The van der Waals surface area contributed by atoms with Crippen molar-refractivity contribution in [1.29, 1.82) is 0 Å². The van der Waals surface area contributed by atoms with Crippen molar-refractivity contribution in [3.05, 3.63) is 18.5 Å². The van der Waals surface area contributed by atoms with Crippen LogP contribution in [0.4, 0.5) is 5.95 Å². The second kappa shape index (κ2) is 13.5. The van der Waals surface area contributed by atoms with Crippen LogP contribution in [0, 0.1) is 5.41 Å². The van der Waals surface area contributed by atoms with E-state index < -0.39 is 0 Å². The zero-order chi connectivity index (χ0) is 23.4. The highest BCUT2D eigenvalue weighted by atomic mass is 16.5. The van der Waals surface area contributed by atoms with Gasteiger partial charge in [-0.05, 0) is 50.1 Å². The van der Waals surface area contributed by atoms with Crippen LogP contribution in [0.2, 0.25) is 0 Å². The molecule has 8 heteroatoms. The minimum Gasteiger partial charge on any atom is -0.466 e. The first-order valence-electron chi connectivity index (χ1n) is 12.8. The van der Waals surface area contributed by atoms with Gasteiger partial charge in [0.25, 0.3) is 0 Å². The summed E-state index contributed by atoms with van der Waals surface area (Å²) in [6, 6.07) is 1.84. The molecule has 0 radical (unpaired) electrons. The van der Waals surface area contributed by atoms with Crippen molar-refractivity contribution in [3.63, 3.8) is 0 Å². The molecule has 2 aliphatic rings. The van der Waals surface area contributed by atoms with Crippen molar-refractivity contribution in [2.75, 3.05) is 50.8 Å². The van der Waals surface area contributed by atoms with E-state index in [9.17, 15) is 9.59 Å². The number of amides is 1. The van der Waals surface area contributed by atoms with Gasteiger partial charge in [0, 0.05) is 51.5 Å². The maximum Gasteiger partial charge on any atom is 0.306 e. The Balaban J connectivity index is 1.28. The lowest BCUT2D eigenvalue weighted by Crippen LogP contribution is -2.47. The third kappa shape index (κ3) is 8.57. The highest BCUT2D eigenvalue weighted by molar-refractivity contribution is 5.78. The number of carbonyl (C=O) groups excluding carboxylic acids is 2. The Bertz CT molecular complexity index is 716. The molecule has 1 aromatic rings. The molecule has 3 rings (SSSR count). The maximum atomic E-state index is 12.6. The number of hydrogen-bond acceptors (Lipinski definition) is 7. The van der Waals surface area contributed by atoms with Crippen LogP contribution in [-0.2, 0) is 14.3 Å². The van der Waals surface area contributed by atoms with Gasteiger partial charge in [0.05, 0.1) is 13.0 Å². The van der Waals surface area contributed by atoms with Gasteiger partial charge in [0.15, 0.2) is 0 Å². The van der Waals surface area contributed by atoms with Gasteiger partial charge in [-0.3, -0.25) is 14.5 Å². The third-order valence-corrected chi connectivity index (χ3v) is 6.91. The van der Waals surface area contributed by atoms with Crippen molar-refractivity contribution in [2.45, 2.75) is 71.1 Å². The molecule has 1 amide bonds. The summed E-state index contributed by atoms with van der Waals surface area (Å²) in [5, 5.41) is 3.09. The van der Waals surface area contributed by atoms with Crippen LogP contribution in [0.25, 0.3) is 0 Å². The zero-order valence-corrected chi connectivity index (χ0v) is 20.3. The number of esters is 1. The van der Waals surface area contributed by atoms with Gasteiger partial charge in [0.1, 0.15) is 0 Å². The fourth-order valence-electron chi connectivity index (χ4n) is 4.95. The number of nitrogens with one attached hydrogen (secondary N) is 1. The van der Waals surface area contributed by atoms with Gasteiger partial charge in [-0.25, -0.2) is 9.97 Å². The van der Waals surface area contributed by atoms with Gasteiger partial charge in [-0.2, -0.15) is 0 Å². The quantitative estimate of drug-likeness (QED) is 0.358. The number of hydrogen-bond donors (Lipinski definition) is 1. The number of nitrogens with zero attached hydrogens (tertiary/aromatic N) is 4. The van der Waals surface area contributed by atoms with E-state index in [4.69, 9.17) is 4.74 Å². The van der Waals surface area contributed by atoms with Crippen LogP contribution in [0.3, 0.4) is 0 Å². The molecule has 0 aromatic carbocycles. The molecule has 0 atom stereocenters. The summed E-state index contributed by atoms with van der Waals surface area (Å²) < 4.78 is 5.37. The maximum absolute atomic E-state index is 12.6. The normalized spacial score (nSPS) is 18.3. The van der Waals surface area contributed by atoms with Crippen molar-refractivity contribution in [2.24, 2.45) is 5.41 Å². The summed E-state index contributed by atoms with van der Waals surface area (Å²) in [5.41, 5.74) is -0.199. The van der Waals surface area contributed by atoms with E-state index in [1.165, 1.54) is 0 Å². The Kier molecular flexibility index (Phi) is 10.4. The highest BCUT2D eigenvalue weighted by Gasteiger charge is 2.38. The van der Waals surface area contributed by atoms with E-state index in [0.29, 0.717) is 26.0 Å². The van der Waals surface area contributed by atoms with Gasteiger partial charge >= 0.3 is 5.97 Å². The highest BCUT2D eigenvalue weighted by Crippen LogP contribution is 2.44. The van der Waals surface area contributed by atoms with Crippen LogP contribution < -0.4 is 10.2 Å². The Morgan fingerprint density at radius 2 is 1.76 bits per heavy atom. The largest absolute Gasteiger partial charge is 0.466 e. The van der Waals surface area contributed by atoms with Crippen LogP contribution in [0.1, 0.15) is 71.1 Å². The standard InChI is InChI=1S/C25H41N5O3/c1-2-3-19-33-23(32)21-25(9-4-5-10-25)20-22(31)26-11-6-7-14-29-15-17-30(18-16-29)24-27-12-8-13-28-24/h8,12-13H,2-7,9-11,14-21H2,1H3,(H,26,31). The van der Waals surface area contributed by atoms with Crippen molar-refractivity contribution in [3.8, 4) is 0 Å². The Hall–Kier alpha value is -2.22. The summed E-state index contributed by atoms with van der Waals surface area (Å²) in [6.07, 6.45) is 12.4. The minimum absolute atomic E-state index is 0.0785. The van der Waals surface area contributed by atoms with Crippen LogP contribution in [-0.4, -0.2) is 72.6 Å². The van der Waals surface area contributed by atoms with Crippen molar-refractivity contribution in [1.82, 2.24) is 20.2 Å². The first kappa shape index (κ1) is 25.4. The molecule has 0 unspecified atom stereocenters. The fourth-order valence-corrected chi connectivity index (χ4v) is 4.95.